The number of ether oxygens (including phenoxy) is 3. The van der Waals surface area contributed by atoms with Crippen LogP contribution in [0.2, 0.25) is 0 Å². The van der Waals surface area contributed by atoms with E-state index in [0.717, 1.165) is 114 Å². The summed E-state index contributed by atoms with van der Waals surface area (Å²) in [5.41, 5.74) is 3.16. The predicted molar refractivity (Wildman–Crippen MR) is 312 cm³/mol. The first-order chi connectivity index (χ1) is 40.2. The molecule has 3 aromatic heterocycles. The summed E-state index contributed by atoms with van der Waals surface area (Å²) in [5, 5.41) is 0. The highest BCUT2D eigenvalue weighted by Crippen LogP contribution is 2.37. The average Bonchev–Trinajstić information content (AvgIpc) is 2.39. The molecule has 456 valence electrons. The standard InChI is InChI=1S/3C20H27FN4O3/c3*1-3-28-19(27)23-11-8-20(2,13-23)24-9-6-15(7-10-24)25-17-5-4-14(21)12-16(17)22-18(25)26/h3*4-5,12,15H,3,6-11,13H2,1-2H3,(H,22,26). The number of nitrogens with zero attached hydrogens (tertiary/aromatic N) is 9. The van der Waals surface area contributed by atoms with Gasteiger partial charge in [-0.05, 0) is 154 Å². The van der Waals surface area contributed by atoms with Gasteiger partial charge in [0.2, 0.25) is 0 Å². The van der Waals surface area contributed by atoms with Crippen LogP contribution in [0.3, 0.4) is 0 Å². The van der Waals surface area contributed by atoms with Gasteiger partial charge in [0.15, 0.2) is 0 Å². The molecule has 6 aromatic rings. The fourth-order valence-electron chi connectivity index (χ4n) is 14.1. The largest absolute Gasteiger partial charge is 0.450 e. The van der Waals surface area contributed by atoms with Crippen LogP contribution in [0.25, 0.3) is 33.1 Å². The summed E-state index contributed by atoms with van der Waals surface area (Å²) in [5.74, 6) is -1.05. The SMILES string of the molecule is CCOC(=O)N1CCC(C)(N2CCC(n3c(=O)[nH]c4cc(F)ccc43)CC2)C1.CCOC(=O)N1CCC(C)(N2CCC(n3c(=O)[nH]c4cc(F)ccc43)CC2)C1.CCOC(=O)N1CCC(C)(N2CCC(n3c(=O)[nH]c4cc(F)ccc43)CC2)C1. The van der Waals surface area contributed by atoms with Crippen LogP contribution in [0, 0.1) is 17.5 Å². The second-order valence-electron chi connectivity index (χ2n) is 24.1. The number of rotatable bonds is 9. The number of piperidine rings is 3. The lowest BCUT2D eigenvalue weighted by Crippen LogP contribution is -2.52. The topological polar surface area (TPSA) is 212 Å². The highest BCUT2D eigenvalue weighted by Gasteiger charge is 2.45. The zero-order valence-electron chi connectivity index (χ0n) is 49.2. The van der Waals surface area contributed by atoms with Crippen molar-refractivity contribution in [3.05, 3.63) is 104 Å². The number of halogens is 3. The van der Waals surface area contributed by atoms with Gasteiger partial charge in [-0.15, -0.1) is 0 Å². The van der Waals surface area contributed by atoms with Crippen LogP contribution in [0.15, 0.2) is 69.0 Å². The van der Waals surface area contributed by atoms with Crippen molar-refractivity contribution >= 4 is 51.4 Å². The summed E-state index contributed by atoms with van der Waals surface area (Å²) in [7, 11) is 0. The lowest BCUT2D eigenvalue weighted by molar-refractivity contribution is 0.0640. The molecule has 3 N–H and O–H groups in total. The first-order valence-electron chi connectivity index (χ1n) is 29.9. The van der Waals surface area contributed by atoms with Gasteiger partial charge in [-0.3, -0.25) is 28.4 Å². The molecule has 0 aliphatic carbocycles. The normalized spacial score (nSPS) is 24.2. The number of H-pyrrole nitrogens is 3. The minimum atomic E-state index is -0.351. The second kappa shape index (κ2) is 24.9. The number of aromatic amines is 3. The van der Waals surface area contributed by atoms with Crippen LogP contribution in [0.4, 0.5) is 27.6 Å². The lowest BCUT2D eigenvalue weighted by Gasteiger charge is -2.43. The number of benzene rings is 3. The van der Waals surface area contributed by atoms with E-state index in [1.54, 1.807) is 46.6 Å². The number of fused-ring (bicyclic) bond motifs is 3. The van der Waals surface area contributed by atoms with Crippen molar-refractivity contribution in [2.75, 3.05) is 98.4 Å². The molecular formula is C60H81F3N12O9. The Balaban J connectivity index is 0.000000140. The van der Waals surface area contributed by atoms with Gasteiger partial charge in [-0.2, -0.15) is 0 Å². The molecular weight excluding hydrogens is 1090 g/mol. The summed E-state index contributed by atoms with van der Waals surface area (Å²) in [6, 6.07) is 13.6. The molecule has 12 rings (SSSR count). The van der Waals surface area contributed by atoms with Crippen molar-refractivity contribution in [1.82, 2.24) is 58.1 Å². The van der Waals surface area contributed by atoms with Crippen LogP contribution in [0.1, 0.15) is 117 Å². The Bertz CT molecular complexity index is 3150. The number of hydrogen-bond donors (Lipinski definition) is 3. The zero-order chi connectivity index (χ0) is 59.7. The van der Waals surface area contributed by atoms with Gasteiger partial charge in [0.05, 0.1) is 52.9 Å². The molecule has 0 spiro atoms. The third-order valence-corrected chi connectivity index (χ3v) is 18.7. The van der Waals surface area contributed by atoms with Gasteiger partial charge in [-0.1, -0.05) is 0 Å². The van der Waals surface area contributed by atoms with Gasteiger partial charge in [0.25, 0.3) is 0 Å². The first kappa shape index (κ1) is 60.1. The molecule has 24 heteroatoms. The van der Waals surface area contributed by atoms with E-state index in [1.165, 1.54) is 36.4 Å². The maximum Gasteiger partial charge on any atom is 0.409 e. The summed E-state index contributed by atoms with van der Waals surface area (Å²) in [6.07, 6.45) is 7.13. The Hall–Kier alpha value is -7.05. The van der Waals surface area contributed by atoms with Crippen LogP contribution in [-0.2, 0) is 14.2 Å². The summed E-state index contributed by atoms with van der Waals surface area (Å²) in [4.78, 5) is 94.4. The fraction of sp³-hybridized carbons (Fsp3) is 0.600. The maximum atomic E-state index is 13.4. The summed E-state index contributed by atoms with van der Waals surface area (Å²) >= 11 is 0. The van der Waals surface area contributed by atoms with Crippen molar-refractivity contribution in [3.63, 3.8) is 0 Å². The van der Waals surface area contributed by atoms with Crippen LogP contribution in [0.5, 0.6) is 0 Å². The van der Waals surface area contributed by atoms with Gasteiger partial charge < -0.3 is 43.9 Å². The van der Waals surface area contributed by atoms with E-state index in [9.17, 15) is 41.9 Å². The number of nitrogens with one attached hydrogen (secondary N) is 3. The summed E-state index contributed by atoms with van der Waals surface area (Å²) in [6.45, 7) is 22.5. The number of aromatic nitrogens is 6. The lowest BCUT2D eigenvalue weighted by atomic mass is 9.94. The molecule has 3 unspecified atom stereocenters. The van der Waals surface area contributed by atoms with E-state index in [1.807, 2.05) is 20.8 Å². The summed E-state index contributed by atoms with van der Waals surface area (Å²) < 4.78 is 61.1. The molecule has 9 heterocycles. The molecule has 21 nitrogen and oxygen atoms in total. The Morgan fingerprint density at radius 1 is 0.440 bits per heavy atom. The molecule has 6 aliphatic heterocycles. The molecule has 0 bridgehead atoms. The van der Waals surface area contributed by atoms with Gasteiger partial charge in [-0.25, -0.2) is 41.9 Å². The molecule has 6 saturated heterocycles. The number of likely N-dealkylation sites (tertiary alicyclic amines) is 6. The molecule has 0 radical (unpaired) electrons. The van der Waals surface area contributed by atoms with Crippen molar-refractivity contribution < 1.29 is 41.8 Å². The molecule has 6 aliphatic rings. The Morgan fingerprint density at radius 3 is 0.929 bits per heavy atom. The number of carbonyl (C=O) groups is 3. The van der Waals surface area contributed by atoms with Crippen molar-refractivity contribution in [2.45, 2.75) is 134 Å². The van der Waals surface area contributed by atoms with Crippen LogP contribution in [-0.4, -0.2) is 191 Å². The van der Waals surface area contributed by atoms with Gasteiger partial charge in [0.1, 0.15) is 17.5 Å². The minimum Gasteiger partial charge on any atom is -0.450 e. The number of carbonyl (C=O) groups excluding carboxylic acids is 3. The maximum absolute atomic E-state index is 13.4. The van der Waals surface area contributed by atoms with E-state index >= 15 is 0 Å². The zero-order valence-corrected chi connectivity index (χ0v) is 49.2. The molecule has 3 amide bonds. The Morgan fingerprint density at radius 2 is 0.690 bits per heavy atom. The van der Waals surface area contributed by atoms with Crippen molar-refractivity contribution in [2.24, 2.45) is 0 Å². The minimum absolute atomic E-state index is 0.0635. The van der Waals surface area contributed by atoms with Crippen molar-refractivity contribution in [1.29, 1.82) is 0 Å². The molecule has 3 aromatic carbocycles. The Labute approximate surface area is 485 Å². The third kappa shape index (κ3) is 12.4. The van der Waals surface area contributed by atoms with E-state index in [4.69, 9.17) is 14.2 Å². The first-order valence-corrected chi connectivity index (χ1v) is 29.9. The average molecular weight is 1170 g/mol. The van der Waals surface area contributed by atoms with E-state index < -0.39 is 0 Å². The molecule has 84 heavy (non-hydrogen) atoms. The van der Waals surface area contributed by atoms with E-state index in [0.29, 0.717) is 75.6 Å². The monoisotopic (exact) mass is 1170 g/mol. The number of amides is 3. The highest BCUT2D eigenvalue weighted by molar-refractivity contribution is 5.77. The smallest absolute Gasteiger partial charge is 0.409 e. The van der Waals surface area contributed by atoms with E-state index in [2.05, 4.69) is 50.4 Å². The molecule has 3 atom stereocenters. The number of imidazole rings is 3. The quantitative estimate of drug-likeness (QED) is 0.117. The van der Waals surface area contributed by atoms with Crippen LogP contribution < -0.4 is 17.1 Å². The second-order valence-corrected chi connectivity index (χ2v) is 24.1. The van der Waals surface area contributed by atoms with Gasteiger partial charge >= 0.3 is 35.3 Å². The van der Waals surface area contributed by atoms with Crippen molar-refractivity contribution in [3.8, 4) is 0 Å². The highest BCUT2D eigenvalue weighted by atomic mass is 19.1. The van der Waals surface area contributed by atoms with Crippen LogP contribution >= 0.6 is 0 Å². The van der Waals surface area contributed by atoms with E-state index in [-0.39, 0.29) is 87.5 Å². The molecule has 6 fully saturated rings. The third-order valence-electron chi connectivity index (χ3n) is 18.7. The Kier molecular flexibility index (Phi) is 17.8. The number of hydrogen-bond acceptors (Lipinski definition) is 12. The molecule has 0 saturated carbocycles. The predicted octanol–water partition coefficient (Wildman–Crippen LogP) is 8.18. The fourth-order valence-corrected chi connectivity index (χ4v) is 14.1. The van der Waals surface area contributed by atoms with Gasteiger partial charge in [0, 0.05) is 113 Å².